The van der Waals surface area contributed by atoms with Gasteiger partial charge in [0.05, 0.1) is 6.04 Å². The fourth-order valence-corrected chi connectivity index (χ4v) is 2.75. The van der Waals surface area contributed by atoms with Crippen LogP contribution in [-0.2, 0) is 0 Å². The highest BCUT2D eigenvalue weighted by Gasteiger charge is 2.26. The molecule has 2 aromatic rings. The molecule has 0 saturated carbocycles. The van der Waals surface area contributed by atoms with Crippen LogP contribution in [0.25, 0.3) is 0 Å². The maximum Gasteiger partial charge on any atom is 0.205 e. The molecule has 16 heavy (non-hydrogen) atoms. The minimum Gasteiger partial charge on any atom is -0.345 e. The Morgan fingerprint density at radius 2 is 2.44 bits per heavy atom. The van der Waals surface area contributed by atoms with Crippen LogP contribution in [0.15, 0.2) is 18.5 Å². The summed E-state index contributed by atoms with van der Waals surface area (Å²) in [5, 5.41) is 5.32. The van der Waals surface area contributed by atoms with Gasteiger partial charge < -0.3 is 4.90 Å². The smallest absolute Gasteiger partial charge is 0.205 e. The van der Waals surface area contributed by atoms with Crippen LogP contribution in [-0.4, -0.2) is 32.2 Å². The van der Waals surface area contributed by atoms with Gasteiger partial charge in [0.25, 0.3) is 0 Å². The van der Waals surface area contributed by atoms with Crippen molar-refractivity contribution in [3.05, 3.63) is 24.3 Å². The van der Waals surface area contributed by atoms with Gasteiger partial charge in [-0.05, 0) is 19.4 Å². The van der Waals surface area contributed by atoms with Crippen LogP contribution < -0.4 is 4.90 Å². The quantitative estimate of drug-likeness (QED) is 0.791. The lowest BCUT2D eigenvalue weighted by Crippen LogP contribution is -2.20. The van der Waals surface area contributed by atoms with Gasteiger partial charge in [0.15, 0.2) is 0 Å². The van der Waals surface area contributed by atoms with E-state index in [4.69, 9.17) is 0 Å². The summed E-state index contributed by atoms with van der Waals surface area (Å²) in [7, 11) is 0. The normalized spacial score (nSPS) is 20.6. The van der Waals surface area contributed by atoms with Crippen molar-refractivity contribution < 1.29 is 0 Å². The Hall–Kier alpha value is -1.43. The highest BCUT2D eigenvalue weighted by molar-refractivity contribution is 7.09. The van der Waals surface area contributed by atoms with E-state index in [1.165, 1.54) is 11.5 Å². The molecular formula is C10H13N5S. The lowest BCUT2D eigenvalue weighted by Gasteiger charge is -2.14. The summed E-state index contributed by atoms with van der Waals surface area (Å²) in [5.74, 6) is 0.863. The Balaban J connectivity index is 1.74. The predicted molar refractivity (Wildman–Crippen MR) is 62.7 cm³/mol. The Labute approximate surface area is 97.9 Å². The first-order valence-electron chi connectivity index (χ1n) is 5.37. The molecule has 3 heterocycles. The molecule has 1 aliphatic rings. The van der Waals surface area contributed by atoms with E-state index in [-0.39, 0.29) is 0 Å². The third-order valence-electron chi connectivity index (χ3n) is 2.85. The zero-order valence-electron chi connectivity index (χ0n) is 9.08. The Morgan fingerprint density at radius 1 is 1.50 bits per heavy atom. The van der Waals surface area contributed by atoms with Gasteiger partial charge in [-0.15, -0.1) is 0 Å². The average Bonchev–Trinajstić information content (AvgIpc) is 2.97. The molecule has 0 radical (unpaired) electrons. The number of hydrogen-bond acceptors (Lipinski definition) is 5. The molecule has 84 valence electrons. The van der Waals surface area contributed by atoms with E-state index in [0.717, 1.165) is 30.5 Å². The molecule has 1 aliphatic heterocycles. The Morgan fingerprint density at radius 3 is 3.12 bits per heavy atom. The van der Waals surface area contributed by atoms with E-state index in [1.807, 2.05) is 30.1 Å². The SMILES string of the molecule is Cc1nsc(N2CCC(n3cccn3)C2)n1. The molecule has 0 aromatic carbocycles. The lowest BCUT2D eigenvalue weighted by molar-refractivity contribution is 0.495. The number of hydrogen-bond donors (Lipinski definition) is 0. The fraction of sp³-hybridized carbons (Fsp3) is 0.500. The molecule has 0 bridgehead atoms. The van der Waals surface area contributed by atoms with E-state index in [9.17, 15) is 0 Å². The van der Waals surface area contributed by atoms with Gasteiger partial charge in [-0.1, -0.05) is 0 Å². The van der Waals surface area contributed by atoms with Crippen LogP contribution in [0, 0.1) is 6.92 Å². The van der Waals surface area contributed by atoms with Crippen molar-refractivity contribution in [1.82, 2.24) is 19.1 Å². The van der Waals surface area contributed by atoms with Crippen molar-refractivity contribution >= 4 is 16.7 Å². The van der Waals surface area contributed by atoms with Crippen LogP contribution in [0.4, 0.5) is 5.13 Å². The topological polar surface area (TPSA) is 46.8 Å². The number of aryl methyl sites for hydroxylation is 1. The van der Waals surface area contributed by atoms with Crippen LogP contribution >= 0.6 is 11.5 Å². The van der Waals surface area contributed by atoms with E-state index < -0.39 is 0 Å². The molecule has 0 aliphatic carbocycles. The summed E-state index contributed by atoms with van der Waals surface area (Å²) in [6.45, 7) is 3.95. The van der Waals surface area contributed by atoms with Crippen molar-refractivity contribution in [3.63, 3.8) is 0 Å². The molecule has 3 rings (SSSR count). The highest BCUT2D eigenvalue weighted by Crippen LogP contribution is 2.27. The lowest BCUT2D eigenvalue weighted by atomic mass is 10.3. The maximum atomic E-state index is 4.41. The summed E-state index contributed by atoms with van der Waals surface area (Å²) in [6.07, 6.45) is 4.98. The molecule has 2 aromatic heterocycles. The van der Waals surface area contributed by atoms with Crippen molar-refractivity contribution in [2.24, 2.45) is 0 Å². The summed E-state index contributed by atoms with van der Waals surface area (Å²) >= 11 is 1.48. The van der Waals surface area contributed by atoms with E-state index in [0.29, 0.717) is 6.04 Å². The minimum atomic E-state index is 0.471. The highest BCUT2D eigenvalue weighted by atomic mass is 32.1. The van der Waals surface area contributed by atoms with E-state index in [1.54, 1.807) is 0 Å². The average molecular weight is 235 g/mol. The maximum absolute atomic E-state index is 4.41. The third kappa shape index (κ3) is 1.69. The first-order chi connectivity index (χ1) is 7.83. The molecule has 1 saturated heterocycles. The molecule has 1 atom stereocenters. The van der Waals surface area contributed by atoms with Gasteiger partial charge >= 0.3 is 0 Å². The van der Waals surface area contributed by atoms with Crippen LogP contribution in [0.1, 0.15) is 18.3 Å². The van der Waals surface area contributed by atoms with Crippen LogP contribution in [0.3, 0.4) is 0 Å². The number of anilines is 1. The zero-order chi connectivity index (χ0) is 11.0. The van der Waals surface area contributed by atoms with Crippen molar-refractivity contribution in [2.45, 2.75) is 19.4 Å². The van der Waals surface area contributed by atoms with Gasteiger partial charge in [-0.25, -0.2) is 4.98 Å². The predicted octanol–water partition coefficient (Wildman–Crippen LogP) is 1.49. The number of aromatic nitrogens is 4. The first-order valence-corrected chi connectivity index (χ1v) is 6.14. The fourth-order valence-electron chi connectivity index (χ4n) is 2.04. The molecule has 0 amide bonds. The van der Waals surface area contributed by atoms with Gasteiger partial charge in [-0.2, -0.15) is 9.47 Å². The summed E-state index contributed by atoms with van der Waals surface area (Å²) in [4.78, 5) is 6.70. The zero-order valence-corrected chi connectivity index (χ0v) is 9.89. The van der Waals surface area contributed by atoms with Crippen LogP contribution in [0.5, 0.6) is 0 Å². The number of nitrogens with zero attached hydrogens (tertiary/aromatic N) is 5. The molecule has 1 unspecified atom stereocenters. The second-order valence-electron chi connectivity index (χ2n) is 4.00. The first kappa shape index (κ1) is 9.77. The van der Waals surface area contributed by atoms with Crippen molar-refractivity contribution in [3.8, 4) is 0 Å². The largest absolute Gasteiger partial charge is 0.345 e. The summed E-state index contributed by atoms with van der Waals surface area (Å²) in [6, 6.07) is 2.44. The van der Waals surface area contributed by atoms with Gasteiger partial charge in [0, 0.05) is 37.0 Å². The second-order valence-corrected chi connectivity index (χ2v) is 4.73. The van der Waals surface area contributed by atoms with Crippen LogP contribution in [0.2, 0.25) is 0 Å². The Kier molecular flexibility index (Phi) is 2.36. The standard InChI is InChI=1S/C10H13N5S/c1-8-12-10(16-13-8)14-6-3-9(7-14)15-5-2-4-11-15/h2,4-5,9H,3,6-7H2,1H3. The second kappa shape index (κ2) is 3.86. The third-order valence-corrected chi connectivity index (χ3v) is 3.72. The molecule has 6 heteroatoms. The van der Waals surface area contributed by atoms with Crippen molar-refractivity contribution in [2.75, 3.05) is 18.0 Å². The van der Waals surface area contributed by atoms with Gasteiger partial charge in [0.2, 0.25) is 5.13 Å². The van der Waals surface area contributed by atoms with E-state index >= 15 is 0 Å². The van der Waals surface area contributed by atoms with E-state index in [2.05, 4.69) is 19.4 Å². The molecule has 0 spiro atoms. The van der Waals surface area contributed by atoms with Crippen molar-refractivity contribution in [1.29, 1.82) is 0 Å². The van der Waals surface area contributed by atoms with Gasteiger partial charge in [-0.3, -0.25) is 4.68 Å². The molecule has 5 nitrogen and oxygen atoms in total. The monoisotopic (exact) mass is 235 g/mol. The van der Waals surface area contributed by atoms with Gasteiger partial charge in [0.1, 0.15) is 5.82 Å². The minimum absolute atomic E-state index is 0.471. The summed E-state index contributed by atoms with van der Waals surface area (Å²) < 4.78 is 6.25. The molecular weight excluding hydrogens is 222 g/mol. The Bertz CT molecular complexity index is 463. The summed E-state index contributed by atoms with van der Waals surface area (Å²) in [5.41, 5.74) is 0. The molecule has 0 N–H and O–H groups in total. The molecule has 1 fully saturated rings. The number of rotatable bonds is 2.